The van der Waals surface area contributed by atoms with E-state index in [1.54, 1.807) is 6.07 Å². The van der Waals surface area contributed by atoms with E-state index in [4.69, 9.17) is 11.6 Å². The van der Waals surface area contributed by atoms with Crippen LogP contribution in [0.2, 0.25) is 5.15 Å². The molecule has 19 heavy (non-hydrogen) atoms. The van der Waals surface area contributed by atoms with Gasteiger partial charge in [-0.3, -0.25) is 4.79 Å². The van der Waals surface area contributed by atoms with Crippen molar-refractivity contribution >= 4 is 23.2 Å². The van der Waals surface area contributed by atoms with E-state index in [1.807, 2.05) is 36.7 Å². The summed E-state index contributed by atoms with van der Waals surface area (Å²) in [7, 11) is 0. The van der Waals surface area contributed by atoms with Gasteiger partial charge in [0, 0.05) is 25.0 Å². The fraction of sp³-hybridized carbons (Fsp3) is 0.214. The Morgan fingerprint density at radius 3 is 2.84 bits per heavy atom. The Morgan fingerprint density at radius 1 is 1.26 bits per heavy atom. The van der Waals surface area contributed by atoms with Gasteiger partial charge in [0.25, 0.3) is 0 Å². The lowest BCUT2D eigenvalue weighted by Crippen LogP contribution is -2.39. The average molecular weight is 275 g/mol. The Labute approximate surface area is 116 Å². The monoisotopic (exact) mass is 274 g/mol. The molecule has 1 N–H and O–H groups in total. The fourth-order valence-corrected chi connectivity index (χ4v) is 2.49. The van der Waals surface area contributed by atoms with Crippen molar-refractivity contribution in [3.63, 3.8) is 0 Å². The summed E-state index contributed by atoms with van der Waals surface area (Å²) in [5, 5.41) is 3.32. The van der Waals surface area contributed by atoms with E-state index in [9.17, 15) is 4.79 Å². The SMILES string of the molecule is O=C1CCC([n+]2ccccc2)c2nc(Cl)ccc2N1. The molecule has 1 atom stereocenters. The van der Waals surface area contributed by atoms with Gasteiger partial charge in [-0.25, -0.2) is 4.98 Å². The zero-order valence-electron chi connectivity index (χ0n) is 10.2. The van der Waals surface area contributed by atoms with Gasteiger partial charge in [-0.1, -0.05) is 17.7 Å². The van der Waals surface area contributed by atoms with Gasteiger partial charge in [0.05, 0.1) is 5.69 Å². The molecule has 1 aliphatic heterocycles. The van der Waals surface area contributed by atoms with Crippen molar-refractivity contribution in [2.75, 3.05) is 5.32 Å². The highest BCUT2D eigenvalue weighted by Crippen LogP contribution is 2.29. The van der Waals surface area contributed by atoms with Crippen molar-refractivity contribution in [1.82, 2.24) is 4.98 Å². The van der Waals surface area contributed by atoms with E-state index >= 15 is 0 Å². The van der Waals surface area contributed by atoms with Crippen LogP contribution in [0.5, 0.6) is 0 Å². The summed E-state index contributed by atoms with van der Waals surface area (Å²) < 4.78 is 2.06. The normalized spacial score (nSPS) is 18.4. The highest BCUT2D eigenvalue weighted by Gasteiger charge is 2.30. The molecule has 4 nitrogen and oxygen atoms in total. The summed E-state index contributed by atoms with van der Waals surface area (Å²) in [4.78, 5) is 16.1. The van der Waals surface area contributed by atoms with Crippen LogP contribution in [0.4, 0.5) is 5.69 Å². The molecule has 0 bridgehead atoms. The Morgan fingerprint density at radius 2 is 2.05 bits per heavy atom. The molecule has 1 aliphatic rings. The van der Waals surface area contributed by atoms with Crippen LogP contribution in [0.1, 0.15) is 24.6 Å². The molecule has 3 heterocycles. The van der Waals surface area contributed by atoms with Crippen LogP contribution in [0.3, 0.4) is 0 Å². The van der Waals surface area contributed by atoms with E-state index in [0.717, 1.165) is 11.4 Å². The van der Waals surface area contributed by atoms with Gasteiger partial charge in [-0.2, -0.15) is 4.57 Å². The molecule has 3 rings (SSSR count). The lowest BCUT2D eigenvalue weighted by molar-refractivity contribution is -0.714. The molecule has 0 fully saturated rings. The second-order valence-electron chi connectivity index (χ2n) is 4.49. The van der Waals surface area contributed by atoms with Gasteiger partial charge >= 0.3 is 0 Å². The third kappa shape index (κ3) is 2.44. The molecule has 0 aliphatic carbocycles. The second kappa shape index (κ2) is 4.97. The first-order valence-corrected chi connectivity index (χ1v) is 6.54. The number of pyridine rings is 2. The number of anilines is 1. The number of amides is 1. The quantitative estimate of drug-likeness (QED) is 0.641. The summed E-state index contributed by atoms with van der Waals surface area (Å²) >= 11 is 5.99. The molecule has 0 saturated carbocycles. The maximum absolute atomic E-state index is 11.7. The molecule has 96 valence electrons. The van der Waals surface area contributed by atoms with Crippen LogP contribution in [0, 0.1) is 0 Å². The third-order valence-electron chi connectivity index (χ3n) is 3.22. The minimum absolute atomic E-state index is 0.0180. The summed E-state index contributed by atoms with van der Waals surface area (Å²) in [6.07, 6.45) is 5.14. The lowest BCUT2D eigenvalue weighted by Gasteiger charge is -2.11. The van der Waals surface area contributed by atoms with E-state index in [2.05, 4.69) is 14.9 Å². The molecule has 5 heteroatoms. The first-order valence-electron chi connectivity index (χ1n) is 6.16. The Balaban J connectivity index is 2.11. The van der Waals surface area contributed by atoms with Gasteiger partial charge in [-0.15, -0.1) is 0 Å². The maximum atomic E-state index is 11.7. The molecule has 1 amide bonds. The van der Waals surface area contributed by atoms with Crippen molar-refractivity contribution in [1.29, 1.82) is 0 Å². The number of halogens is 1. The van der Waals surface area contributed by atoms with Gasteiger partial charge in [0.1, 0.15) is 10.8 Å². The largest absolute Gasteiger partial charge is 0.324 e. The number of hydrogen-bond donors (Lipinski definition) is 1. The minimum Gasteiger partial charge on any atom is -0.324 e. The topological polar surface area (TPSA) is 45.9 Å². The van der Waals surface area contributed by atoms with Crippen molar-refractivity contribution in [3.05, 3.63) is 53.6 Å². The van der Waals surface area contributed by atoms with Crippen LogP contribution >= 0.6 is 11.6 Å². The standard InChI is InChI=1S/C14H12ClN3O/c15-12-6-4-10-14(17-12)11(5-7-13(19)16-10)18-8-2-1-3-9-18/h1-4,6,8-9,11H,5,7H2/p+1. The number of nitrogens with zero attached hydrogens (tertiary/aromatic N) is 2. The molecule has 0 saturated heterocycles. The van der Waals surface area contributed by atoms with Gasteiger partial charge < -0.3 is 5.32 Å². The first-order chi connectivity index (χ1) is 9.24. The van der Waals surface area contributed by atoms with E-state index in [0.29, 0.717) is 18.0 Å². The number of nitrogens with one attached hydrogen (secondary N) is 1. The Hall–Kier alpha value is -1.94. The van der Waals surface area contributed by atoms with Crippen molar-refractivity contribution < 1.29 is 9.36 Å². The Bertz CT molecular complexity index is 615. The number of hydrogen-bond acceptors (Lipinski definition) is 2. The first kappa shape index (κ1) is 12.1. The van der Waals surface area contributed by atoms with Crippen LogP contribution in [0.25, 0.3) is 0 Å². The molecule has 2 aromatic rings. The maximum Gasteiger partial charge on any atom is 0.224 e. The summed E-state index contributed by atoms with van der Waals surface area (Å²) in [5.41, 5.74) is 1.56. The molecule has 0 aromatic carbocycles. The van der Waals surface area contributed by atoms with Crippen molar-refractivity contribution in [3.8, 4) is 0 Å². The molecular weight excluding hydrogens is 262 g/mol. The van der Waals surface area contributed by atoms with Crippen LogP contribution < -0.4 is 9.88 Å². The third-order valence-corrected chi connectivity index (χ3v) is 3.43. The van der Waals surface area contributed by atoms with Gasteiger partial charge in [0.15, 0.2) is 12.4 Å². The Kier molecular flexibility index (Phi) is 3.17. The van der Waals surface area contributed by atoms with E-state index in [-0.39, 0.29) is 11.9 Å². The highest BCUT2D eigenvalue weighted by molar-refractivity contribution is 6.29. The molecular formula is C14H13ClN3O+. The van der Waals surface area contributed by atoms with Crippen LogP contribution in [-0.4, -0.2) is 10.9 Å². The predicted octanol–water partition coefficient (Wildman–Crippen LogP) is 2.34. The predicted molar refractivity (Wildman–Crippen MR) is 71.9 cm³/mol. The van der Waals surface area contributed by atoms with Gasteiger partial charge in [-0.05, 0) is 12.1 Å². The molecule has 1 unspecified atom stereocenters. The summed E-state index contributed by atoms with van der Waals surface area (Å²) in [6, 6.07) is 9.41. The summed E-state index contributed by atoms with van der Waals surface area (Å²) in [6.45, 7) is 0. The molecule has 0 spiro atoms. The minimum atomic E-state index is 0.0180. The summed E-state index contributed by atoms with van der Waals surface area (Å²) in [5.74, 6) is 0.0180. The highest BCUT2D eigenvalue weighted by atomic mass is 35.5. The smallest absolute Gasteiger partial charge is 0.224 e. The zero-order valence-corrected chi connectivity index (χ0v) is 11.0. The van der Waals surface area contributed by atoms with Crippen LogP contribution in [-0.2, 0) is 4.79 Å². The lowest BCUT2D eigenvalue weighted by atomic mass is 10.1. The van der Waals surface area contributed by atoms with Gasteiger partial charge in [0.2, 0.25) is 11.9 Å². The van der Waals surface area contributed by atoms with E-state index in [1.165, 1.54) is 0 Å². The number of fused-ring (bicyclic) bond motifs is 1. The number of carbonyl (C=O) groups excluding carboxylic acids is 1. The number of rotatable bonds is 1. The molecule has 2 aromatic heterocycles. The average Bonchev–Trinajstić information content (AvgIpc) is 2.58. The van der Waals surface area contributed by atoms with Crippen molar-refractivity contribution in [2.45, 2.75) is 18.9 Å². The van der Waals surface area contributed by atoms with Crippen molar-refractivity contribution in [2.24, 2.45) is 0 Å². The zero-order chi connectivity index (χ0) is 13.2. The number of aromatic nitrogens is 2. The molecule has 0 radical (unpaired) electrons. The van der Waals surface area contributed by atoms with E-state index < -0.39 is 0 Å². The second-order valence-corrected chi connectivity index (χ2v) is 4.88. The van der Waals surface area contributed by atoms with Crippen LogP contribution in [0.15, 0.2) is 42.7 Å². The fourth-order valence-electron chi connectivity index (χ4n) is 2.34. The number of carbonyl (C=O) groups is 1.